The van der Waals surface area contributed by atoms with Crippen molar-refractivity contribution in [2.45, 2.75) is 31.6 Å². The summed E-state index contributed by atoms with van der Waals surface area (Å²) in [5.41, 5.74) is 2.65. The van der Waals surface area contributed by atoms with Crippen molar-refractivity contribution in [3.63, 3.8) is 0 Å². The van der Waals surface area contributed by atoms with Crippen LogP contribution in [0.5, 0.6) is 5.88 Å². The Morgan fingerprint density at radius 3 is 2.56 bits per heavy atom. The van der Waals surface area contributed by atoms with Gasteiger partial charge in [0.25, 0.3) is 0 Å². The summed E-state index contributed by atoms with van der Waals surface area (Å²) >= 11 is 0. The van der Waals surface area contributed by atoms with Gasteiger partial charge in [0, 0.05) is 16.8 Å². The molecule has 2 heterocycles. The Kier molecular flexibility index (Phi) is 5.67. The first-order valence-electron chi connectivity index (χ1n) is 8.72. The maximum atomic E-state index is 10.7. The molecule has 3 aromatic rings. The number of benzene rings is 1. The van der Waals surface area contributed by atoms with Gasteiger partial charge in [-0.3, -0.25) is 4.78 Å². The molecule has 0 spiro atoms. The molecule has 2 N–H and O–H groups in total. The van der Waals surface area contributed by atoms with Crippen molar-refractivity contribution >= 4 is 10.7 Å². The number of nitriles is 1. The van der Waals surface area contributed by atoms with Crippen molar-refractivity contribution in [3.05, 3.63) is 53.9 Å². The summed E-state index contributed by atoms with van der Waals surface area (Å²) in [5.74, 6) is 1.35. The zero-order valence-corrected chi connectivity index (χ0v) is 16.1. The van der Waals surface area contributed by atoms with Crippen LogP contribution in [0.2, 0.25) is 0 Å². The molecule has 7 heteroatoms. The summed E-state index contributed by atoms with van der Waals surface area (Å²) in [6.07, 6.45) is 3.80. The number of aromatic nitrogens is 3. The number of hydrogen-bond acceptors (Lipinski definition) is 5. The Hall–Kier alpha value is -2.98. The van der Waals surface area contributed by atoms with Gasteiger partial charge in [0.05, 0.1) is 22.9 Å². The molecule has 0 bridgehead atoms. The zero-order valence-electron chi connectivity index (χ0n) is 15.3. The van der Waals surface area contributed by atoms with Crippen LogP contribution < -0.4 is 0 Å². The standard InChI is InChI=1S/C20H21N5OS/c1-3-4-11-27(22)17-9-10-18(23-13-17)25-20(26)19(14(2)24-25)16-7-5-15(12-21)6-8-16/h5-10,13,22,26H,3-4,11H2,1-2H3/t27-/m1/s1. The van der Waals surface area contributed by atoms with E-state index in [1.54, 1.807) is 36.5 Å². The maximum absolute atomic E-state index is 10.7. The Morgan fingerprint density at radius 2 is 1.96 bits per heavy atom. The molecule has 0 amide bonds. The number of nitrogens with zero attached hydrogens (tertiary/aromatic N) is 4. The Morgan fingerprint density at radius 1 is 1.22 bits per heavy atom. The maximum Gasteiger partial charge on any atom is 0.223 e. The summed E-state index contributed by atoms with van der Waals surface area (Å²) in [4.78, 5) is 5.29. The van der Waals surface area contributed by atoms with Crippen LogP contribution in [0, 0.1) is 23.0 Å². The monoisotopic (exact) mass is 379 g/mol. The number of aryl methyl sites for hydroxylation is 1. The summed E-state index contributed by atoms with van der Waals surface area (Å²) in [5, 5.41) is 24.0. The highest BCUT2D eigenvalue weighted by Gasteiger charge is 2.18. The quantitative estimate of drug-likeness (QED) is 0.665. The zero-order chi connectivity index (χ0) is 19.4. The molecule has 0 aliphatic carbocycles. The minimum atomic E-state index is -0.566. The lowest BCUT2D eigenvalue weighted by molar-refractivity contribution is 0.433. The van der Waals surface area contributed by atoms with Crippen LogP contribution in [0.15, 0.2) is 47.5 Å². The first-order chi connectivity index (χ1) is 13.0. The van der Waals surface area contributed by atoms with Crippen molar-refractivity contribution < 1.29 is 5.11 Å². The van der Waals surface area contributed by atoms with Crippen LogP contribution in [-0.2, 0) is 10.7 Å². The largest absolute Gasteiger partial charge is 0.493 e. The van der Waals surface area contributed by atoms with Gasteiger partial charge >= 0.3 is 0 Å². The summed E-state index contributed by atoms with van der Waals surface area (Å²) < 4.78 is 9.61. The van der Waals surface area contributed by atoms with Crippen molar-refractivity contribution in [2.24, 2.45) is 0 Å². The van der Waals surface area contributed by atoms with Crippen LogP contribution >= 0.6 is 0 Å². The first kappa shape index (κ1) is 18.8. The second-order valence-electron chi connectivity index (χ2n) is 6.19. The first-order valence-corrected chi connectivity index (χ1v) is 10.1. The molecular formula is C20H21N5OS. The highest BCUT2D eigenvalue weighted by Crippen LogP contribution is 2.34. The van der Waals surface area contributed by atoms with Crippen molar-refractivity contribution in [2.75, 3.05) is 5.75 Å². The third-order valence-electron chi connectivity index (χ3n) is 4.26. The van der Waals surface area contributed by atoms with Gasteiger partial charge in [-0.15, -0.1) is 0 Å². The molecule has 138 valence electrons. The smallest absolute Gasteiger partial charge is 0.223 e. The number of pyridine rings is 1. The van der Waals surface area contributed by atoms with E-state index in [9.17, 15) is 5.11 Å². The molecule has 1 atom stereocenters. The van der Waals surface area contributed by atoms with E-state index in [0.29, 0.717) is 22.6 Å². The van der Waals surface area contributed by atoms with Crippen LogP contribution in [-0.4, -0.2) is 25.6 Å². The van der Waals surface area contributed by atoms with Gasteiger partial charge in [-0.2, -0.15) is 15.0 Å². The van der Waals surface area contributed by atoms with Gasteiger partial charge in [-0.05, 0) is 43.2 Å². The lowest BCUT2D eigenvalue weighted by Gasteiger charge is -2.07. The number of unbranched alkanes of at least 4 members (excludes halogenated alkanes) is 1. The fourth-order valence-corrected chi connectivity index (χ4v) is 4.00. The Bertz CT molecular complexity index is 1000. The summed E-state index contributed by atoms with van der Waals surface area (Å²) in [7, 11) is -0.566. The third-order valence-corrected chi connectivity index (χ3v) is 5.77. The molecule has 3 rings (SSSR count). The Labute approximate surface area is 161 Å². The molecule has 0 aliphatic heterocycles. The highest BCUT2D eigenvalue weighted by molar-refractivity contribution is 7.86. The minimum Gasteiger partial charge on any atom is -0.493 e. The number of nitrogens with one attached hydrogen (secondary N) is 1. The molecule has 6 nitrogen and oxygen atoms in total. The summed E-state index contributed by atoms with van der Waals surface area (Å²) in [6, 6.07) is 12.8. The third kappa shape index (κ3) is 3.91. The Balaban J connectivity index is 1.92. The van der Waals surface area contributed by atoms with Gasteiger partial charge in [-0.25, -0.2) is 4.98 Å². The fraction of sp³-hybridized carbons (Fsp3) is 0.250. The summed E-state index contributed by atoms with van der Waals surface area (Å²) in [6.45, 7) is 3.94. The van der Waals surface area contributed by atoms with Crippen molar-refractivity contribution in [1.29, 1.82) is 10.0 Å². The lowest BCUT2D eigenvalue weighted by Crippen LogP contribution is -2.02. The minimum absolute atomic E-state index is 0.00770. The molecule has 0 aliphatic rings. The lowest BCUT2D eigenvalue weighted by atomic mass is 10.0. The van der Waals surface area contributed by atoms with Crippen LogP contribution in [0.1, 0.15) is 31.0 Å². The average Bonchev–Trinajstić information content (AvgIpc) is 3.00. The predicted octanol–water partition coefficient (Wildman–Crippen LogP) is 4.36. The van der Waals surface area contributed by atoms with E-state index >= 15 is 0 Å². The molecule has 0 fully saturated rings. The molecule has 0 unspecified atom stereocenters. The van der Waals surface area contributed by atoms with Crippen molar-refractivity contribution in [1.82, 2.24) is 14.8 Å². The van der Waals surface area contributed by atoms with E-state index < -0.39 is 10.7 Å². The van der Waals surface area contributed by atoms with Gasteiger partial charge in [-0.1, -0.05) is 36.2 Å². The number of rotatable bonds is 6. The number of aromatic hydroxyl groups is 1. The van der Waals surface area contributed by atoms with E-state index in [2.05, 4.69) is 23.1 Å². The topological polar surface area (TPSA) is 98.6 Å². The molecule has 0 saturated carbocycles. The predicted molar refractivity (Wildman–Crippen MR) is 106 cm³/mol. The van der Waals surface area contributed by atoms with Gasteiger partial charge < -0.3 is 5.11 Å². The normalized spacial score (nSPS) is 11.9. The van der Waals surface area contributed by atoms with Crippen LogP contribution in [0.25, 0.3) is 16.9 Å². The molecule has 27 heavy (non-hydrogen) atoms. The van der Waals surface area contributed by atoms with Crippen LogP contribution in [0.4, 0.5) is 0 Å². The molecular weight excluding hydrogens is 358 g/mol. The molecule has 1 aromatic carbocycles. The van der Waals surface area contributed by atoms with Gasteiger partial charge in [0.15, 0.2) is 5.82 Å². The SMILES string of the molecule is CCCC[S@@](=N)c1ccc(-n2nc(C)c(-c3ccc(C#N)cc3)c2O)nc1. The average molecular weight is 379 g/mol. The van der Waals surface area contributed by atoms with Gasteiger partial charge in [0.2, 0.25) is 5.88 Å². The van der Waals surface area contributed by atoms with E-state index in [0.717, 1.165) is 29.1 Å². The van der Waals surface area contributed by atoms with E-state index in [4.69, 9.17) is 10.0 Å². The number of hydrogen-bond donors (Lipinski definition) is 2. The second kappa shape index (κ2) is 8.14. The fourth-order valence-electron chi connectivity index (χ4n) is 2.77. The highest BCUT2D eigenvalue weighted by atomic mass is 32.2. The molecule has 0 radical (unpaired) electrons. The van der Waals surface area contributed by atoms with E-state index in [-0.39, 0.29) is 5.88 Å². The molecule has 2 aromatic heterocycles. The van der Waals surface area contributed by atoms with Crippen molar-refractivity contribution in [3.8, 4) is 28.9 Å². The molecule has 0 saturated heterocycles. The van der Waals surface area contributed by atoms with E-state index in [1.807, 2.05) is 13.0 Å². The van der Waals surface area contributed by atoms with Gasteiger partial charge in [0.1, 0.15) is 0 Å². The van der Waals surface area contributed by atoms with Crippen LogP contribution in [0.3, 0.4) is 0 Å². The van der Waals surface area contributed by atoms with E-state index in [1.165, 1.54) is 4.68 Å². The second-order valence-corrected chi connectivity index (χ2v) is 7.85.